The van der Waals surface area contributed by atoms with Crippen LogP contribution >= 0.6 is 0 Å². The standard InChI is InChI=1S/C10H15N3O2/c1-2-15-7-13-6-9(5-11-13)12-10(14)8-3-4-8/h5-6,8H,2-4,7H2,1H3,(H,12,14). The molecule has 1 N–H and O–H groups in total. The fourth-order valence-electron chi connectivity index (χ4n) is 1.27. The molecule has 15 heavy (non-hydrogen) atoms. The lowest BCUT2D eigenvalue weighted by Crippen LogP contribution is -2.12. The molecule has 1 aliphatic carbocycles. The lowest BCUT2D eigenvalue weighted by atomic mass is 10.4. The van der Waals surface area contributed by atoms with Crippen LogP contribution in [-0.2, 0) is 16.3 Å². The van der Waals surface area contributed by atoms with E-state index in [2.05, 4.69) is 10.4 Å². The van der Waals surface area contributed by atoms with Crippen LogP contribution < -0.4 is 5.32 Å². The molecule has 0 saturated heterocycles. The van der Waals surface area contributed by atoms with Crippen molar-refractivity contribution in [2.75, 3.05) is 11.9 Å². The highest BCUT2D eigenvalue weighted by Crippen LogP contribution is 2.30. The summed E-state index contributed by atoms with van der Waals surface area (Å²) in [5.41, 5.74) is 0.742. The Morgan fingerprint density at radius 1 is 1.73 bits per heavy atom. The number of hydrogen-bond acceptors (Lipinski definition) is 3. The van der Waals surface area contributed by atoms with Crippen molar-refractivity contribution in [2.24, 2.45) is 5.92 Å². The van der Waals surface area contributed by atoms with E-state index >= 15 is 0 Å². The number of carbonyl (C=O) groups is 1. The van der Waals surface area contributed by atoms with E-state index in [1.54, 1.807) is 17.1 Å². The molecule has 5 nitrogen and oxygen atoms in total. The summed E-state index contributed by atoms with van der Waals surface area (Å²) in [6, 6.07) is 0. The molecular weight excluding hydrogens is 194 g/mol. The Kier molecular flexibility index (Phi) is 3.01. The number of rotatable bonds is 5. The number of aromatic nitrogens is 2. The van der Waals surface area contributed by atoms with Crippen LogP contribution in [0.4, 0.5) is 5.69 Å². The van der Waals surface area contributed by atoms with E-state index in [1.807, 2.05) is 6.92 Å². The summed E-state index contributed by atoms with van der Waals surface area (Å²) >= 11 is 0. The fraction of sp³-hybridized carbons (Fsp3) is 0.600. The van der Waals surface area contributed by atoms with E-state index in [4.69, 9.17) is 4.74 Å². The Hall–Kier alpha value is -1.36. The van der Waals surface area contributed by atoms with E-state index in [-0.39, 0.29) is 11.8 Å². The maximum absolute atomic E-state index is 11.4. The van der Waals surface area contributed by atoms with Gasteiger partial charge in [-0.1, -0.05) is 0 Å². The molecule has 1 heterocycles. The first-order valence-electron chi connectivity index (χ1n) is 5.20. The zero-order valence-corrected chi connectivity index (χ0v) is 8.77. The van der Waals surface area contributed by atoms with Crippen molar-refractivity contribution < 1.29 is 9.53 Å². The largest absolute Gasteiger partial charge is 0.360 e. The van der Waals surface area contributed by atoms with Crippen LogP contribution in [0, 0.1) is 5.92 Å². The van der Waals surface area contributed by atoms with Gasteiger partial charge >= 0.3 is 0 Å². The average molecular weight is 209 g/mol. The van der Waals surface area contributed by atoms with Crippen LogP contribution in [-0.4, -0.2) is 22.3 Å². The molecule has 0 aliphatic heterocycles. The lowest BCUT2D eigenvalue weighted by Gasteiger charge is -2.00. The first-order valence-corrected chi connectivity index (χ1v) is 5.20. The second kappa shape index (κ2) is 4.44. The number of carbonyl (C=O) groups excluding carboxylic acids is 1. The van der Waals surface area contributed by atoms with Gasteiger partial charge in [0.05, 0.1) is 18.1 Å². The number of hydrogen-bond donors (Lipinski definition) is 1. The highest BCUT2D eigenvalue weighted by atomic mass is 16.5. The fourth-order valence-corrected chi connectivity index (χ4v) is 1.27. The molecule has 0 radical (unpaired) electrons. The van der Waals surface area contributed by atoms with Crippen molar-refractivity contribution in [1.82, 2.24) is 9.78 Å². The Labute approximate surface area is 88.4 Å². The molecule has 1 saturated carbocycles. The average Bonchev–Trinajstić information content (AvgIpc) is 2.99. The highest BCUT2D eigenvalue weighted by molar-refractivity contribution is 5.93. The van der Waals surface area contributed by atoms with E-state index in [0.717, 1.165) is 18.5 Å². The van der Waals surface area contributed by atoms with Crippen LogP contribution in [0.2, 0.25) is 0 Å². The molecule has 82 valence electrons. The minimum atomic E-state index is 0.103. The normalized spacial score (nSPS) is 15.3. The molecule has 1 aromatic heterocycles. The molecule has 1 aromatic rings. The molecular formula is C10H15N3O2. The number of amides is 1. The molecule has 0 bridgehead atoms. The van der Waals surface area contributed by atoms with Crippen LogP contribution in [0.5, 0.6) is 0 Å². The molecule has 0 unspecified atom stereocenters. The van der Waals surface area contributed by atoms with Gasteiger partial charge < -0.3 is 10.1 Å². The summed E-state index contributed by atoms with van der Waals surface area (Å²) < 4.78 is 6.84. The molecule has 1 fully saturated rings. The first kappa shape index (κ1) is 10.2. The predicted molar refractivity (Wildman–Crippen MR) is 55.2 cm³/mol. The second-order valence-electron chi connectivity index (χ2n) is 3.65. The molecule has 0 aromatic carbocycles. The van der Waals surface area contributed by atoms with Gasteiger partial charge in [0.2, 0.25) is 5.91 Å². The van der Waals surface area contributed by atoms with Crippen LogP contribution in [0.3, 0.4) is 0 Å². The highest BCUT2D eigenvalue weighted by Gasteiger charge is 2.29. The molecule has 1 aliphatic rings. The van der Waals surface area contributed by atoms with Gasteiger partial charge in [0.1, 0.15) is 6.73 Å². The van der Waals surface area contributed by atoms with Gasteiger partial charge in [0.25, 0.3) is 0 Å². The molecule has 1 amide bonds. The molecule has 0 spiro atoms. The van der Waals surface area contributed by atoms with Crippen LogP contribution in [0.1, 0.15) is 19.8 Å². The van der Waals surface area contributed by atoms with Gasteiger partial charge in [-0.05, 0) is 19.8 Å². The number of nitrogens with zero attached hydrogens (tertiary/aromatic N) is 2. The van der Waals surface area contributed by atoms with Gasteiger partial charge in [-0.15, -0.1) is 0 Å². The van der Waals surface area contributed by atoms with Crippen molar-refractivity contribution >= 4 is 11.6 Å². The van der Waals surface area contributed by atoms with Gasteiger partial charge in [0.15, 0.2) is 0 Å². The third-order valence-corrected chi connectivity index (χ3v) is 2.28. The third kappa shape index (κ3) is 2.79. The van der Waals surface area contributed by atoms with Crippen molar-refractivity contribution in [3.63, 3.8) is 0 Å². The quantitative estimate of drug-likeness (QED) is 0.793. The van der Waals surface area contributed by atoms with Gasteiger partial charge in [-0.25, -0.2) is 4.68 Å². The van der Waals surface area contributed by atoms with Gasteiger partial charge in [-0.2, -0.15) is 5.10 Å². The molecule has 0 atom stereocenters. The third-order valence-electron chi connectivity index (χ3n) is 2.28. The summed E-state index contributed by atoms with van der Waals surface area (Å²) in [7, 11) is 0. The summed E-state index contributed by atoms with van der Waals surface area (Å²) in [6.07, 6.45) is 5.44. The SMILES string of the molecule is CCOCn1cc(NC(=O)C2CC2)cn1. The van der Waals surface area contributed by atoms with E-state index in [9.17, 15) is 4.79 Å². The summed E-state index contributed by atoms with van der Waals surface area (Å²) in [5, 5.41) is 6.89. The summed E-state index contributed by atoms with van der Waals surface area (Å²) in [6.45, 7) is 3.01. The van der Waals surface area contributed by atoms with Gasteiger partial charge in [-0.3, -0.25) is 4.79 Å². The van der Waals surface area contributed by atoms with Crippen molar-refractivity contribution in [3.8, 4) is 0 Å². The second-order valence-corrected chi connectivity index (χ2v) is 3.65. The van der Waals surface area contributed by atoms with E-state index < -0.39 is 0 Å². The summed E-state index contributed by atoms with van der Waals surface area (Å²) in [4.78, 5) is 11.4. The number of ether oxygens (including phenoxy) is 1. The Bertz CT molecular complexity index is 344. The Morgan fingerprint density at radius 3 is 3.20 bits per heavy atom. The maximum Gasteiger partial charge on any atom is 0.227 e. The number of anilines is 1. The Morgan fingerprint density at radius 2 is 2.53 bits per heavy atom. The van der Waals surface area contributed by atoms with Crippen molar-refractivity contribution in [2.45, 2.75) is 26.5 Å². The van der Waals surface area contributed by atoms with Crippen molar-refractivity contribution in [3.05, 3.63) is 12.4 Å². The number of nitrogens with one attached hydrogen (secondary N) is 1. The van der Waals surface area contributed by atoms with E-state index in [0.29, 0.717) is 13.3 Å². The Balaban J connectivity index is 1.85. The predicted octanol–water partition coefficient (Wildman–Crippen LogP) is 1.23. The van der Waals surface area contributed by atoms with Crippen LogP contribution in [0.15, 0.2) is 12.4 Å². The van der Waals surface area contributed by atoms with Gasteiger partial charge in [0, 0.05) is 12.5 Å². The van der Waals surface area contributed by atoms with Crippen LogP contribution in [0.25, 0.3) is 0 Å². The topological polar surface area (TPSA) is 56.1 Å². The first-order chi connectivity index (χ1) is 7.29. The minimum absolute atomic E-state index is 0.103. The minimum Gasteiger partial charge on any atom is -0.360 e. The smallest absolute Gasteiger partial charge is 0.227 e. The zero-order valence-electron chi connectivity index (χ0n) is 8.77. The molecule has 2 rings (SSSR count). The molecule has 5 heteroatoms. The monoisotopic (exact) mass is 209 g/mol. The zero-order chi connectivity index (χ0) is 10.7. The van der Waals surface area contributed by atoms with E-state index in [1.165, 1.54) is 0 Å². The maximum atomic E-state index is 11.4. The van der Waals surface area contributed by atoms with Crippen molar-refractivity contribution in [1.29, 1.82) is 0 Å². The summed E-state index contributed by atoms with van der Waals surface area (Å²) in [5.74, 6) is 0.325. The lowest BCUT2D eigenvalue weighted by molar-refractivity contribution is -0.117.